The lowest BCUT2D eigenvalue weighted by atomic mass is 9.99. The summed E-state index contributed by atoms with van der Waals surface area (Å²) in [5, 5.41) is 0. The molecule has 0 aliphatic carbocycles. The Kier molecular flexibility index (Phi) is 9.73. The van der Waals surface area contributed by atoms with Crippen LogP contribution in [0.25, 0.3) is 0 Å². The second-order valence-electron chi connectivity index (χ2n) is 5.45. The Hall–Kier alpha value is -1.42. The fraction of sp³-hybridized carbons (Fsp3) is 0.579. The molecule has 0 spiro atoms. The van der Waals surface area contributed by atoms with Crippen molar-refractivity contribution in [2.45, 2.75) is 66.9 Å². The highest BCUT2D eigenvalue weighted by molar-refractivity contribution is 7.80. The van der Waals surface area contributed by atoms with E-state index in [4.69, 9.17) is 17.0 Å². The zero-order valence-electron chi connectivity index (χ0n) is 15.6. The molecule has 1 unspecified atom stereocenters. The first-order valence-corrected chi connectivity index (χ1v) is 8.89. The molecule has 4 heteroatoms. The maximum Gasteiger partial charge on any atom is 0.156 e. The molecule has 1 aliphatic heterocycles. The molecule has 0 fully saturated rings. The molecule has 0 saturated carbocycles. The molecule has 0 radical (unpaired) electrons. The number of fused-ring (bicyclic) bond motifs is 1. The van der Waals surface area contributed by atoms with Gasteiger partial charge >= 0.3 is 0 Å². The van der Waals surface area contributed by atoms with Crippen LogP contribution in [-0.2, 0) is 4.79 Å². The summed E-state index contributed by atoms with van der Waals surface area (Å²) in [5.74, 6) is 0.879. The van der Waals surface area contributed by atoms with Crippen molar-refractivity contribution in [3.63, 3.8) is 0 Å². The third-order valence-electron chi connectivity index (χ3n) is 3.24. The summed E-state index contributed by atoms with van der Waals surface area (Å²) >= 11 is 5.50. The summed E-state index contributed by atoms with van der Waals surface area (Å²) in [4.78, 5) is 14.0. The van der Waals surface area contributed by atoms with Gasteiger partial charge < -0.3 is 9.64 Å². The van der Waals surface area contributed by atoms with E-state index in [1.54, 1.807) is 6.92 Å². The maximum absolute atomic E-state index is 11.4. The van der Waals surface area contributed by atoms with Crippen LogP contribution in [0.15, 0.2) is 24.3 Å². The van der Waals surface area contributed by atoms with Crippen LogP contribution in [-0.4, -0.2) is 22.9 Å². The number of nitrogens with zero attached hydrogens (tertiary/aromatic N) is 1. The first-order valence-electron chi connectivity index (χ1n) is 8.49. The predicted molar refractivity (Wildman–Crippen MR) is 104 cm³/mol. The van der Waals surface area contributed by atoms with Gasteiger partial charge in [0.05, 0.1) is 12.2 Å². The van der Waals surface area contributed by atoms with Gasteiger partial charge in [0, 0.05) is 0 Å². The molecular weight excluding hydrogens is 306 g/mol. The molecule has 0 N–H and O–H groups in total. The van der Waals surface area contributed by atoms with Crippen LogP contribution in [0.4, 0.5) is 5.69 Å². The van der Waals surface area contributed by atoms with E-state index in [9.17, 15) is 4.79 Å². The number of anilines is 1. The van der Waals surface area contributed by atoms with Crippen molar-refractivity contribution in [2.75, 3.05) is 11.4 Å². The first-order chi connectivity index (χ1) is 10.9. The van der Waals surface area contributed by atoms with Crippen LogP contribution in [0.3, 0.4) is 0 Å². The lowest BCUT2D eigenvalue weighted by molar-refractivity contribution is -0.115. The van der Waals surface area contributed by atoms with E-state index >= 15 is 0 Å². The molecule has 0 saturated heterocycles. The van der Waals surface area contributed by atoms with Crippen molar-refractivity contribution in [3.8, 4) is 5.75 Å². The molecule has 1 atom stereocenters. The van der Waals surface area contributed by atoms with E-state index in [1.165, 1.54) is 6.42 Å². The molecule has 3 nitrogen and oxygen atoms in total. The Morgan fingerprint density at radius 2 is 1.74 bits per heavy atom. The highest BCUT2D eigenvalue weighted by Gasteiger charge is 2.39. The van der Waals surface area contributed by atoms with Crippen LogP contribution in [0.5, 0.6) is 5.75 Å². The monoisotopic (exact) mass is 337 g/mol. The van der Waals surface area contributed by atoms with Crippen LogP contribution in [0.2, 0.25) is 0 Å². The van der Waals surface area contributed by atoms with Gasteiger partial charge in [-0.1, -0.05) is 65.4 Å². The van der Waals surface area contributed by atoms with E-state index in [-0.39, 0.29) is 5.78 Å². The van der Waals surface area contributed by atoms with Crippen molar-refractivity contribution >= 4 is 28.7 Å². The molecule has 1 aliphatic rings. The molecule has 0 amide bonds. The van der Waals surface area contributed by atoms with Gasteiger partial charge in [-0.05, 0) is 32.4 Å². The summed E-state index contributed by atoms with van der Waals surface area (Å²) in [6.07, 6.45) is 2.02. The Morgan fingerprint density at radius 1 is 1.22 bits per heavy atom. The molecule has 1 aromatic rings. The van der Waals surface area contributed by atoms with E-state index in [1.807, 2.05) is 56.9 Å². The molecule has 0 aromatic heterocycles. The number of hydrogen-bond donors (Lipinski definition) is 0. The third kappa shape index (κ3) is 5.61. The van der Waals surface area contributed by atoms with Crippen LogP contribution >= 0.6 is 12.2 Å². The van der Waals surface area contributed by atoms with Crippen LogP contribution in [0.1, 0.15) is 61.3 Å². The average Bonchev–Trinajstić information content (AvgIpc) is 2.54. The molecule has 23 heavy (non-hydrogen) atoms. The SMILES string of the molecule is CC.CCC.CCC1(C)Oc2ccccc2N(CC(C)=O)C1=S. The summed E-state index contributed by atoms with van der Waals surface area (Å²) in [5.41, 5.74) is 0.364. The average molecular weight is 338 g/mol. The number of Topliss-reactive ketones (excluding diaryl/α,β-unsaturated/α-hetero) is 1. The molecule has 2 rings (SSSR count). The number of thiocarbonyl (C=S) groups is 1. The maximum atomic E-state index is 11.4. The Morgan fingerprint density at radius 3 is 2.22 bits per heavy atom. The van der Waals surface area contributed by atoms with Crippen molar-refractivity contribution < 1.29 is 9.53 Å². The lowest BCUT2D eigenvalue weighted by Crippen LogP contribution is -2.54. The highest BCUT2D eigenvalue weighted by Crippen LogP contribution is 2.39. The zero-order chi connectivity index (χ0) is 18.0. The van der Waals surface area contributed by atoms with Gasteiger partial charge in [-0.3, -0.25) is 4.79 Å². The summed E-state index contributed by atoms with van der Waals surface area (Å²) in [7, 11) is 0. The third-order valence-corrected chi connectivity index (χ3v) is 3.90. The quantitative estimate of drug-likeness (QED) is 0.689. The summed E-state index contributed by atoms with van der Waals surface area (Å²) < 4.78 is 6.00. The second kappa shape index (κ2) is 10.4. The molecule has 0 bridgehead atoms. The number of carbonyl (C=O) groups is 1. The Balaban J connectivity index is 0.000000868. The number of rotatable bonds is 3. The van der Waals surface area contributed by atoms with Crippen molar-refractivity contribution in [1.29, 1.82) is 0 Å². The van der Waals surface area contributed by atoms with Crippen molar-refractivity contribution in [3.05, 3.63) is 24.3 Å². The van der Waals surface area contributed by atoms with E-state index in [0.29, 0.717) is 11.5 Å². The smallest absolute Gasteiger partial charge is 0.156 e. The van der Waals surface area contributed by atoms with E-state index in [2.05, 4.69) is 13.8 Å². The Labute approximate surface area is 147 Å². The van der Waals surface area contributed by atoms with Crippen LogP contribution in [0, 0.1) is 0 Å². The second-order valence-corrected chi connectivity index (χ2v) is 5.84. The van der Waals surface area contributed by atoms with Gasteiger partial charge in [0.2, 0.25) is 0 Å². The predicted octanol–water partition coefficient (Wildman–Crippen LogP) is 5.41. The highest BCUT2D eigenvalue weighted by atomic mass is 32.1. The van der Waals surface area contributed by atoms with Gasteiger partial charge in [-0.25, -0.2) is 0 Å². The number of hydrogen-bond acceptors (Lipinski definition) is 3. The molecule has 1 aromatic carbocycles. The van der Waals surface area contributed by atoms with Crippen molar-refractivity contribution in [2.24, 2.45) is 0 Å². The summed E-state index contributed by atoms with van der Waals surface area (Å²) in [6, 6.07) is 7.69. The number of ether oxygens (including phenoxy) is 1. The molecule has 130 valence electrons. The van der Waals surface area contributed by atoms with Gasteiger partial charge in [-0.2, -0.15) is 0 Å². The number of ketones is 1. The lowest BCUT2D eigenvalue weighted by Gasteiger charge is -2.42. The van der Waals surface area contributed by atoms with Gasteiger partial charge in [0.1, 0.15) is 16.5 Å². The number of carbonyl (C=O) groups excluding carboxylic acids is 1. The fourth-order valence-electron chi connectivity index (χ4n) is 2.05. The van der Waals surface area contributed by atoms with Crippen molar-refractivity contribution in [1.82, 2.24) is 0 Å². The van der Waals surface area contributed by atoms with E-state index < -0.39 is 5.60 Å². The fourth-order valence-corrected chi connectivity index (χ4v) is 2.40. The molecular formula is C19H31NO2S. The minimum atomic E-state index is -0.515. The zero-order valence-corrected chi connectivity index (χ0v) is 16.4. The Bertz CT molecular complexity index is 516. The van der Waals surface area contributed by atoms with E-state index in [0.717, 1.165) is 17.9 Å². The number of para-hydroxylation sites is 2. The molecule has 1 heterocycles. The largest absolute Gasteiger partial charge is 0.478 e. The van der Waals surface area contributed by atoms with Crippen LogP contribution < -0.4 is 9.64 Å². The standard InChI is InChI=1S/C14H17NO2S.C3H8.C2H6/c1-4-14(3)13(18)15(9-10(2)16)11-7-5-6-8-12(11)17-14;1-3-2;1-2/h5-8H,4,9H2,1-3H3;3H2,1-2H3;1-2H3. The van der Waals surface area contributed by atoms with Gasteiger partial charge in [0.15, 0.2) is 5.60 Å². The summed E-state index contributed by atoms with van der Waals surface area (Å²) in [6.45, 7) is 14.1. The number of benzene rings is 1. The first kappa shape index (κ1) is 21.6. The van der Waals surface area contributed by atoms with Gasteiger partial charge in [0.25, 0.3) is 0 Å². The minimum absolute atomic E-state index is 0.0903. The van der Waals surface area contributed by atoms with Gasteiger partial charge in [-0.15, -0.1) is 0 Å². The topological polar surface area (TPSA) is 29.5 Å². The normalized spacial score (nSPS) is 18.6. The minimum Gasteiger partial charge on any atom is -0.478 e.